The Morgan fingerprint density at radius 1 is 0.892 bits per heavy atom. The number of methoxy groups -OCH3 is 2. The highest BCUT2D eigenvalue weighted by atomic mass is 16.7. The van der Waals surface area contributed by atoms with Crippen molar-refractivity contribution in [2.45, 2.75) is 19.1 Å². The maximum Gasteiger partial charge on any atom is 0.338 e. The lowest BCUT2D eigenvalue weighted by Gasteiger charge is -2.29. The number of benzene rings is 3. The second-order valence-electron chi connectivity index (χ2n) is 8.55. The van der Waals surface area contributed by atoms with E-state index in [0.29, 0.717) is 34.0 Å². The van der Waals surface area contributed by atoms with E-state index in [1.165, 1.54) is 19.2 Å². The smallest absolute Gasteiger partial charge is 0.338 e. The van der Waals surface area contributed by atoms with Crippen LogP contribution in [0, 0.1) is 5.92 Å². The second kappa shape index (κ2) is 9.94. The highest BCUT2D eigenvalue weighted by molar-refractivity contribution is 6.24. The van der Waals surface area contributed by atoms with Crippen LogP contribution in [0.1, 0.15) is 28.9 Å². The molecule has 3 aromatic carbocycles. The van der Waals surface area contributed by atoms with E-state index in [1.54, 1.807) is 43.4 Å². The Hall–Kier alpha value is -4.37. The van der Waals surface area contributed by atoms with Crippen molar-refractivity contribution >= 4 is 29.2 Å². The lowest BCUT2D eigenvalue weighted by atomic mass is 9.90. The molecule has 190 valence electrons. The summed E-state index contributed by atoms with van der Waals surface area (Å²) in [4.78, 5) is 46.7. The topological polar surface area (TPSA) is 94.6 Å². The molecule has 3 atom stereocenters. The molecule has 0 N–H and O–H groups in total. The summed E-state index contributed by atoms with van der Waals surface area (Å²) in [5.41, 5.74) is 2.07. The van der Waals surface area contributed by atoms with Gasteiger partial charge in [0.15, 0.2) is 6.10 Å². The largest absolute Gasteiger partial charge is 0.497 e. The van der Waals surface area contributed by atoms with E-state index in [0.717, 1.165) is 4.90 Å². The molecule has 0 radical (unpaired) electrons. The molecule has 2 fully saturated rings. The predicted octanol–water partition coefficient (Wildman–Crippen LogP) is 3.93. The summed E-state index contributed by atoms with van der Waals surface area (Å²) in [6.45, 7) is 1.97. The zero-order valence-corrected chi connectivity index (χ0v) is 20.6. The molecule has 2 aliphatic heterocycles. The van der Waals surface area contributed by atoms with Crippen LogP contribution in [0.5, 0.6) is 11.5 Å². The number of carbonyl (C=O) groups is 3. The van der Waals surface area contributed by atoms with Gasteiger partial charge in [-0.3, -0.25) is 14.4 Å². The van der Waals surface area contributed by atoms with Gasteiger partial charge in [-0.15, -0.1) is 0 Å². The van der Waals surface area contributed by atoms with Gasteiger partial charge in [-0.05, 0) is 55.5 Å². The van der Waals surface area contributed by atoms with Gasteiger partial charge in [-0.2, -0.15) is 0 Å². The molecule has 2 aliphatic rings. The molecule has 3 aromatic rings. The number of imide groups is 1. The molecule has 2 heterocycles. The zero-order chi connectivity index (χ0) is 26.1. The molecule has 9 nitrogen and oxygen atoms in total. The van der Waals surface area contributed by atoms with Gasteiger partial charge in [-0.25, -0.2) is 14.8 Å². The average Bonchev–Trinajstić information content (AvgIpc) is 3.44. The first kappa shape index (κ1) is 24.3. The van der Waals surface area contributed by atoms with Gasteiger partial charge in [0, 0.05) is 11.6 Å². The van der Waals surface area contributed by atoms with E-state index >= 15 is 0 Å². The van der Waals surface area contributed by atoms with Gasteiger partial charge in [0.25, 0.3) is 5.91 Å². The number of rotatable bonds is 7. The van der Waals surface area contributed by atoms with Crippen LogP contribution in [0.4, 0.5) is 11.4 Å². The summed E-state index contributed by atoms with van der Waals surface area (Å²) in [6.07, 6.45) is -1.03. The van der Waals surface area contributed by atoms with Crippen molar-refractivity contribution in [1.29, 1.82) is 0 Å². The number of para-hydroxylation sites is 1. The number of hydrogen-bond acceptors (Lipinski definition) is 8. The fourth-order valence-corrected chi connectivity index (χ4v) is 4.81. The molecule has 0 unspecified atom stereocenters. The highest BCUT2D eigenvalue weighted by Gasteiger charge is 2.60. The molecule has 0 spiro atoms. The number of fused-ring (bicyclic) bond motifs is 1. The Morgan fingerprint density at radius 2 is 1.62 bits per heavy atom. The number of hydrogen-bond donors (Lipinski definition) is 0. The first-order chi connectivity index (χ1) is 18.0. The summed E-state index contributed by atoms with van der Waals surface area (Å²) in [6, 6.07) is 20.2. The lowest BCUT2D eigenvalue weighted by molar-refractivity contribution is -0.126. The molecule has 0 saturated carbocycles. The van der Waals surface area contributed by atoms with Gasteiger partial charge in [0.1, 0.15) is 17.4 Å². The standard InChI is InChI=1S/C28H26N2O7/c1-4-36-28(33)17-10-12-18(13-11-17)29-26(31)23-24(21-15-14-20(34-2)16-22(21)35-3)30(37-25(23)27(29)32)19-8-6-5-7-9-19/h5-16,23-25H,4H2,1-3H3/t23-,24-,25-/m0/s1. The van der Waals surface area contributed by atoms with Gasteiger partial charge in [0.05, 0.1) is 43.8 Å². The van der Waals surface area contributed by atoms with Crippen molar-refractivity contribution in [2.75, 3.05) is 30.8 Å². The maximum absolute atomic E-state index is 13.8. The van der Waals surface area contributed by atoms with Crippen LogP contribution in [0.2, 0.25) is 0 Å². The zero-order valence-electron chi connectivity index (χ0n) is 20.6. The van der Waals surface area contributed by atoms with Crippen LogP contribution in [-0.4, -0.2) is 44.7 Å². The third-order valence-electron chi connectivity index (χ3n) is 6.52. The van der Waals surface area contributed by atoms with Gasteiger partial charge in [0.2, 0.25) is 5.91 Å². The quantitative estimate of drug-likeness (QED) is 0.354. The fraction of sp³-hybridized carbons (Fsp3) is 0.250. The molecule has 2 saturated heterocycles. The average molecular weight is 503 g/mol. The SMILES string of the molecule is CCOC(=O)c1ccc(N2C(=O)[C@@H]3[C@H](ON(c4ccccc4)[C@H]3c3ccc(OC)cc3OC)C2=O)cc1. The Bertz CT molecular complexity index is 1330. The summed E-state index contributed by atoms with van der Waals surface area (Å²) < 4.78 is 16.0. The molecule has 0 aromatic heterocycles. The molecular formula is C28H26N2O7. The number of ether oxygens (including phenoxy) is 3. The number of hydroxylamine groups is 1. The van der Waals surface area contributed by atoms with Crippen LogP contribution in [0.15, 0.2) is 72.8 Å². The predicted molar refractivity (Wildman–Crippen MR) is 134 cm³/mol. The summed E-state index contributed by atoms with van der Waals surface area (Å²) >= 11 is 0. The van der Waals surface area contributed by atoms with E-state index in [4.69, 9.17) is 19.0 Å². The lowest BCUT2D eigenvalue weighted by Crippen LogP contribution is -2.37. The minimum atomic E-state index is -1.03. The van der Waals surface area contributed by atoms with Gasteiger partial charge < -0.3 is 14.2 Å². The third-order valence-corrected chi connectivity index (χ3v) is 6.52. The van der Waals surface area contributed by atoms with Gasteiger partial charge >= 0.3 is 5.97 Å². The summed E-state index contributed by atoms with van der Waals surface area (Å²) in [5, 5.41) is 1.61. The van der Waals surface area contributed by atoms with E-state index < -0.39 is 35.8 Å². The van der Waals surface area contributed by atoms with Crippen molar-refractivity contribution in [3.05, 3.63) is 83.9 Å². The molecule has 0 bridgehead atoms. The van der Waals surface area contributed by atoms with Crippen molar-refractivity contribution in [1.82, 2.24) is 0 Å². The number of nitrogens with zero attached hydrogens (tertiary/aromatic N) is 2. The Labute approximate surface area is 214 Å². The molecular weight excluding hydrogens is 476 g/mol. The van der Waals surface area contributed by atoms with Crippen LogP contribution in [-0.2, 0) is 19.2 Å². The number of esters is 1. The maximum atomic E-state index is 13.8. The first-order valence-electron chi connectivity index (χ1n) is 11.9. The van der Waals surface area contributed by atoms with Crippen molar-refractivity contribution in [2.24, 2.45) is 5.92 Å². The summed E-state index contributed by atoms with van der Waals surface area (Å²) in [7, 11) is 3.10. The van der Waals surface area contributed by atoms with E-state index in [1.807, 2.05) is 36.4 Å². The van der Waals surface area contributed by atoms with E-state index in [9.17, 15) is 14.4 Å². The highest BCUT2D eigenvalue weighted by Crippen LogP contribution is 2.49. The van der Waals surface area contributed by atoms with Crippen molar-refractivity contribution in [3.8, 4) is 11.5 Å². The number of carbonyl (C=O) groups excluding carboxylic acids is 3. The second-order valence-corrected chi connectivity index (χ2v) is 8.55. The molecule has 5 rings (SSSR count). The van der Waals surface area contributed by atoms with Crippen molar-refractivity contribution < 1.29 is 33.4 Å². The summed E-state index contributed by atoms with van der Waals surface area (Å²) in [5.74, 6) is -1.08. The Kier molecular flexibility index (Phi) is 6.54. The monoisotopic (exact) mass is 502 g/mol. The fourth-order valence-electron chi connectivity index (χ4n) is 4.81. The number of amides is 2. The molecule has 9 heteroatoms. The molecule has 37 heavy (non-hydrogen) atoms. The first-order valence-corrected chi connectivity index (χ1v) is 11.9. The third kappa shape index (κ3) is 4.17. The van der Waals surface area contributed by atoms with Crippen LogP contribution >= 0.6 is 0 Å². The van der Waals surface area contributed by atoms with Crippen molar-refractivity contribution in [3.63, 3.8) is 0 Å². The van der Waals surface area contributed by atoms with Crippen LogP contribution in [0.3, 0.4) is 0 Å². The van der Waals surface area contributed by atoms with E-state index in [2.05, 4.69) is 0 Å². The normalized spacial score (nSPS) is 20.7. The van der Waals surface area contributed by atoms with Crippen LogP contribution < -0.4 is 19.4 Å². The minimum absolute atomic E-state index is 0.249. The van der Waals surface area contributed by atoms with Crippen LogP contribution in [0.25, 0.3) is 0 Å². The minimum Gasteiger partial charge on any atom is -0.497 e. The van der Waals surface area contributed by atoms with Gasteiger partial charge in [-0.1, -0.05) is 18.2 Å². The molecule has 0 aliphatic carbocycles. The number of anilines is 2. The Balaban J connectivity index is 1.54. The van der Waals surface area contributed by atoms with E-state index in [-0.39, 0.29) is 6.61 Å². The Morgan fingerprint density at radius 3 is 2.27 bits per heavy atom. The molecule has 2 amide bonds.